The molecule has 282 valence electrons. The Bertz CT molecular complexity index is 1940. The molecule has 53 heavy (non-hydrogen) atoms. The van der Waals surface area contributed by atoms with Crippen LogP contribution in [0.4, 0.5) is 15.8 Å². The van der Waals surface area contributed by atoms with Crippen molar-refractivity contribution >= 4 is 45.0 Å². The topological polar surface area (TPSA) is 129 Å². The molecule has 3 aromatic rings. The van der Waals surface area contributed by atoms with E-state index in [1.54, 1.807) is 19.3 Å². The van der Waals surface area contributed by atoms with Gasteiger partial charge >= 0.3 is 0 Å². The third-order valence-electron chi connectivity index (χ3n) is 11.9. The number of ether oxygens (including phenoxy) is 1. The number of carbonyl (C=O) groups excluding carboxylic acids is 3. The molecule has 3 amide bonds. The fourth-order valence-corrected chi connectivity index (χ4v) is 9.20. The molecular weight excluding hydrogens is 745 g/mol. The number of rotatable bonds is 7. The number of amides is 3. The number of piperidine rings is 4. The minimum absolute atomic E-state index is 0.0532. The van der Waals surface area contributed by atoms with Crippen LogP contribution in [0.25, 0.3) is 0 Å². The molecule has 14 heteroatoms. The van der Waals surface area contributed by atoms with E-state index in [0.29, 0.717) is 65.3 Å². The molecule has 4 aliphatic rings. The normalized spacial score (nSPS) is 23.5. The van der Waals surface area contributed by atoms with Crippen LogP contribution in [0.15, 0.2) is 51.9 Å². The number of hydrogen-bond acceptors (Lipinski definition) is 9. The highest BCUT2D eigenvalue weighted by Crippen LogP contribution is 2.44. The Balaban J connectivity index is 0.930. The van der Waals surface area contributed by atoms with Crippen LogP contribution >= 0.6 is 15.9 Å². The second-order valence-electron chi connectivity index (χ2n) is 15.2. The third kappa shape index (κ3) is 7.71. The average molecular weight is 793 g/mol. The van der Waals surface area contributed by atoms with Crippen LogP contribution in [0.2, 0.25) is 0 Å². The van der Waals surface area contributed by atoms with Crippen molar-refractivity contribution in [2.45, 2.75) is 62.8 Å². The summed E-state index contributed by atoms with van der Waals surface area (Å²) in [7, 11) is 5.24. The summed E-state index contributed by atoms with van der Waals surface area (Å²) in [6.07, 6.45) is 6.72. The summed E-state index contributed by atoms with van der Waals surface area (Å²) < 4.78 is 22.9. The van der Waals surface area contributed by atoms with Crippen molar-refractivity contribution < 1.29 is 23.5 Å². The van der Waals surface area contributed by atoms with Crippen molar-refractivity contribution in [2.24, 2.45) is 12.5 Å². The van der Waals surface area contributed by atoms with Gasteiger partial charge in [0.25, 0.3) is 11.5 Å². The van der Waals surface area contributed by atoms with Crippen LogP contribution in [0.5, 0.6) is 5.75 Å². The molecule has 0 radical (unpaired) electrons. The molecule has 4 aliphatic heterocycles. The van der Waals surface area contributed by atoms with Crippen LogP contribution in [-0.2, 0) is 16.6 Å². The van der Waals surface area contributed by atoms with Gasteiger partial charge in [-0.05, 0) is 96.6 Å². The van der Waals surface area contributed by atoms with E-state index in [1.807, 2.05) is 17.0 Å². The highest BCUT2D eigenvalue weighted by molar-refractivity contribution is 9.10. The maximum absolute atomic E-state index is 15.6. The Hall–Kier alpha value is -4.30. The van der Waals surface area contributed by atoms with Crippen molar-refractivity contribution in [2.75, 3.05) is 63.6 Å². The Morgan fingerprint density at radius 3 is 2.40 bits per heavy atom. The maximum atomic E-state index is 15.6. The monoisotopic (exact) mass is 791 g/mol. The van der Waals surface area contributed by atoms with Gasteiger partial charge in [-0.25, -0.2) is 9.07 Å². The molecule has 4 saturated heterocycles. The second-order valence-corrected chi connectivity index (χ2v) is 16.0. The zero-order valence-electron chi connectivity index (χ0n) is 30.5. The first-order valence-electron chi connectivity index (χ1n) is 18.5. The summed E-state index contributed by atoms with van der Waals surface area (Å²) in [6, 6.07) is 11.3. The molecular formula is C39H47BrFN7O5. The number of nitrogens with zero attached hydrogens (tertiary/aromatic N) is 5. The van der Waals surface area contributed by atoms with Gasteiger partial charge in [-0.1, -0.05) is 12.1 Å². The van der Waals surface area contributed by atoms with Crippen molar-refractivity contribution in [3.63, 3.8) is 0 Å². The molecule has 5 heterocycles. The number of carbonyl (C=O) groups is 3. The quantitative estimate of drug-likeness (QED) is 0.329. The van der Waals surface area contributed by atoms with Crippen molar-refractivity contribution in [1.29, 1.82) is 0 Å². The number of aryl methyl sites for hydroxylation is 1. The summed E-state index contributed by atoms with van der Waals surface area (Å²) in [6.45, 7) is 4.51. The number of halogens is 2. The van der Waals surface area contributed by atoms with Crippen LogP contribution < -0.4 is 25.8 Å². The number of aromatic nitrogens is 2. The number of likely N-dealkylation sites (tertiary alicyclic amines) is 2. The van der Waals surface area contributed by atoms with Crippen LogP contribution in [-0.4, -0.2) is 96.8 Å². The maximum Gasteiger partial charge on any atom is 0.282 e. The Kier molecular flexibility index (Phi) is 10.6. The predicted molar refractivity (Wildman–Crippen MR) is 203 cm³/mol. The van der Waals surface area contributed by atoms with E-state index in [-0.39, 0.29) is 41.2 Å². The van der Waals surface area contributed by atoms with E-state index < -0.39 is 17.6 Å². The average Bonchev–Trinajstić information content (AvgIpc) is 3.15. The lowest BCUT2D eigenvalue weighted by Crippen LogP contribution is -2.48. The lowest BCUT2D eigenvalue weighted by Gasteiger charge is -2.47. The number of hydrogen-bond donors (Lipinski definition) is 2. The van der Waals surface area contributed by atoms with E-state index in [4.69, 9.17) is 4.74 Å². The van der Waals surface area contributed by atoms with E-state index in [2.05, 4.69) is 60.6 Å². The number of likely N-dealkylation sites (N-methyl/N-ethyl adjacent to an activating group) is 1. The standard InChI is InChI=1S/C39H47BrFN7O5/c1-45-22-26(18-27(23-45)43-31-21-42-46(2)38(52)35(31)40)24-4-6-25(7-5-24)37(51)48-16-12-39(13-17-48)10-14-47(15-11-39)32-20-33(53-3)29(19-30(32)41)28-8-9-34(49)44-36(28)50/h4-7,19-21,26-28,43H,8-18,22-23H2,1-3H3,(H,44,49,50)/t26-,27+,28?/m1/s1. The van der Waals surface area contributed by atoms with Crippen molar-refractivity contribution in [3.05, 3.63) is 79.9 Å². The molecule has 3 atom stereocenters. The van der Waals surface area contributed by atoms with Crippen LogP contribution in [0.1, 0.15) is 78.3 Å². The number of benzene rings is 2. The van der Waals surface area contributed by atoms with Crippen molar-refractivity contribution in [3.8, 4) is 5.75 Å². The minimum atomic E-state index is -0.628. The summed E-state index contributed by atoms with van der Waals surface area (Å²) in [4.78, 5) is 56.4. The van der Waals surface area contributed by atoms with E-state index in [9.17, 15) is 19.2 Å². The molecule has 1 unspecified atom stereocenters. The van der Waals surface area contributed by atoms with E-state index >= 15 is 4.39 Å². The molecule has 1 aromatic heterocycles. The van der Waals surface area contributed by atoms with Gasteiger partial charge in [0, 0.05) is 76.0 Å². The fraction of sp³-hybridized carbons (Fsp3) is 0.513. The van der Waals surface area contributed by atoms with Gasteiger partial charge in [0.1, 0.15) is 16.0 Å². The largest absolute Gasteiger partial charge is 0.496 e. The minimum Gasteiger partial charge on any atom is -0.496 e. The first kappa shape index (κ1) is 37.0. The zero-order valence-corrected chi connectivity index (χ0v) is 32.1. The van der Waals surface area contributed by atoms with Gasteiger partial charge in [0.2, 0.25) is 11.8 Å². The van der Waals surface area contributed by atoms with Gasteiger partial charge < -0.3 is 24.8 Å². The number of anilines is 2. The van der Waals surface area contributed by atoms with Crippen LogP contribution in [0.3, 0.4) is 0 Å². The first-order chi connectivity index (χ1) is 25.4. The van der Waals surface area contributed by atoms with E-state index in [0.717, 1.165) is 45.2 Å². The second kappa shape index (κ2) is 15.2. The molecule has 2 aromatic carbocycles. The fourth-order valence-electron chi connectivity index (χ4n) is 8.72. The summed E-state index contributed by atoms with van der Waals surface area (Å²) in [5.74, 6) is -0.984. The molecule has 0 aliphatic carbocycles. The van der Waals surface area contributed by atoms with Gasteiger partial charge in [-0.15, -0.1) is 0 Å². The first-order valence-corrected chi connectivity index (χ1v) is 19.2. The molecule has 2 N–H and O–H groups in total. The molecule has 7 rings (SSSR count). The van der Waals surface area contributed by atoms with Gasteiger partial charge in [-0.3, -0.25) is 24.5 Å². The van der Waals surface area contributed by atoms with Gasteiger partial charge in [0.05, 0.1) is 30.6 Å². The molecule has 4 fully saturated rings. The summed E-state index contributed by atoms with van der Waals surface area (Å²) in [5.41, 5.74) is 3.42. The molecule has 0 saturated carbocycles. The van der Waals surface area contributed by atoms with Crippen molar-refractivity contribution in [1.82, 2.24) is 24.9 Å². The molecule has 0 bridgehead atoms. The lowest BCUT2D eigenvalue weighted by molar-refractivity contribution is -0.134. The Morgan fingerprint density at radius 1 is 1.02 bits per heavy atom. The van der Waals surface area contributed by atoms with Gasteiger partial charge in [-0.2, -0.15) is 5.10 Å². The third-order valence-corrected chi connectivity index (χ3v) is 12.7. The number of methoxy groups -OCH3 is 1. The zero-order chi connectivity index (χ0) is 37.4. The molecule has 12 nitrogen and oxygen atoms in total. The van der Waals surface area contributed by atoms with E-state index in [1.165, 1.54) is 23.4 Å². The summed E-state index contributed by atoms with van der Waals surface area (Å²) in [5, 5.41) is 10.0. The number of imide groups is 1. The molecule has 1 spiro atoms. The van der Waals surface area contributed by atoms with Gasteiger partial charge in [0.15, 0.2) is 0 Å². The highest BCUT2D eigenvalue weighted by Gasteiger charge is 2.40. The lowest BCUT2D eigenvalue weighted by atomic mass is 9.71. The number of nitrogens with one attached hydrogen (secondary N) is 2. The SMILES string of the molecule is COc1cc(N2CCC3(CCN(C(=O)c4ccc([C@@H]5C[C@H](Nc6cnn(C)c(=O)c6Br)CN(C)C5)cc4)CC3)CC2)c(F)cc1C1CCC(=O)NC1=O. The van der Waals surface area contributed by atoms with Crippen LogP contribution in [0, 0.1) is 11.2 Å². The Labute approximate surface area is 317 Å². The predicted octanol–water partition coefficient (Wildman–Crippen LogP) is 4.63. The smallest absolute Gasteiger partial charge is 0.282 e. The summed E-state index contributed by atoms with van der Waals surface area (Å²) >= 11 is 3.42. The Morgan fingerprint density at radius 2 is 1.72 bits per heavy atom. The highest BCUT2D eigenvalue weighted by atomic mass is 79.9.